The summed E-state index contributed by atoms with van der Waals surface area (Å²) in [5.41, 5.74) is 5.47. The molecule has 262 valence electrons. The normalized spacial score (nSPS) is 13.8. The fourth-order valence-electron chi connectivity index (χ4n) is 4.37. The van der Waals surface area contributed by atoms with Crippen molar-refractivity contribution in [2.75, 3.05) is 18.4 Å². The van der Waals surface area contributed by atoms with E-state index in [0.29, 0.717) is 30.5 Å². The van der Waals surface area contributed by atoms with Crippen LogP contribution in [0.3, 0.4) is 0 Å². The van der Waals surface area contributed by atoms with Crippen LogP contribution in [0.4, 0.5) is 10.5 Å². The van der Waals surface area contributed by atoms with E-state index in [-0.39, 0.29) is 44.9 Å². The van der Waals surface area contributed by atoms with E-state index in [4.69, 9.17) is 10.5 Å². The first-order valence-electron chi connectivity index (χ1n) is 15.5. The molecule has 0 saturated carbocycles. The van der Waals surface area contributed by atoms with Gasteiger partial charge in [0.1, 0.15) is 18.7 Å². The highest BCUT2D eigenvalue weighted by atomic mass is 16.5. The second-order valence-electron chi connectivity index (χ2n) is 12.2. The highest BCUT2D eigenvalue weighted by Gasteiger charge is 2.29. The van der Waals surface area contributed by atoms with E-state index in [1.165, 1.54) is 12.2 Å². The molecule has 0 radical (unpaired) electrons. The number of carboxylic acid groups (broad SMARTS) is 1. The summed E-state index contributed by atoms with van der Waals surface area (Å²) in [5.74, 6) is -4.65. The van der Waals surface area contributed by atoms with Crippen molar-refractivity contribution in [3.63, 3.8) is 0 Å². The molecule has 0 aromatic heterocycles. The summed E-state index contributed by atoms with van der Waals surface area (Å²) in [7, 11) is 0. The van der Waals surface area contributed by atoms with Gasteiger partial charge in [0.25, 0.3) is 11.8 Å². The largest absolute Gasteiger partial charge is 0.481 e. The number of aliphatic carboxylic acids is 1. The summed E-state index contributed by atoms with van der Waals surface area (Å²) in [6, 6.07) is 3.02. The molecule has 0 fully saturated rings. The SMILES string of the molecule is CC(C)(C)C(=O)OCc1ccc(NC(=O)[C@H](CCCNC(N)=O)NC(=O)[C@H](CC(=O)O)NC(=O)CCCCCN2C(=O)C=CC2=O)cc1. The number of imide groups is 1. The van der Waals surface area contributed by atoms with Crippen molar-refractivity contribution in [1.29, 1.82) is 0 Å². The summed E-state index contributed by atoms with van der Waals surface area (Å²) in [5, 5.41) is 19.3. The van der Waals surface area contributed by atoms with Crippen LogP contribution in [0.2, 0.25) is 0 Å². The second-order valence-corrected chi connectivity index (χ2v) is 12.2. The molecule has 2 rings (SSSR count). The molecule has 48 heavy (non-hydrogen) atoms. The number of ether oxygens (including phenoxy) is 1. The van der Waals surface area contributed by atoms with Gasteiger partial charge < -0.3 is 36.8 Å². The highest BCUT2D eigenvalue weighted by Crippen LogP contribution is 2.18. The van der Waals surface area contributed by atoms with Crippen LogP contribution in [-0.4, -0.2) is 82.7 Å². The van der Waals surface area contributed by atoms with Gasteiger partial charge in [-0.25, -0.2) is 4.79 Å². The predicted molar refractivity (Wildman–Crippen MR) is 172 cm³/mol. The number of unbranched alkanes of at least 4 members (excludes halogenated alkanes) is 2. The number of carboxylic acids is 1. The molecule has 0 spiro atoms. The summed E-state index contributed by atoms with van der Waals surface area (Å²) < 4.78 is 5.29. The van der Waals surface area contributed by atoms with E-state index < -0.39 is 65.5 Å². The van der Waals surface area contributed by atoms with Crippen LogP contribution in [0.25, 0.3) is 0 Å². The Balaban J connectivity index is 1.99. The average Bonchev–Trinajstić information content (AvgIpc) is 3.32. The van der Waals surface area contributed by atoms with Crippen molar-refractivity contribution in [3.05, 3.63) is 42.0 Å². The van der Waals surface area contributed by atoms with Gasteiger partial charge in [0.15, 0.2) is 0 Å². The molecule has 1 aromatic rings. The number of amides is 7. The first kappa shape index (κ1) is 38.9. The molecule has 7 amide bonds. The molecule has 16 heteroatoms. The molecule has 1 aromatic carbocycles. The van der Waals surface area contributed by atoms with Crippen LogP contribution in [-0.2, 0) is 44.9 Å². The predicted octanol–water partition coefficient (Wildman–Crippen LogP) is 1.09. The zero-order valence-electron chi connectivity index (χ0n) is 27.3. The Bertz CT molecular complexity index is 1370. The van der Waals surface area contributed by atoms with E-state index in [9.17, 15) is 43.5 Å². The van der Waals surface area contributed by atoms with E-state index in [1.807, 2.05) is 0 Å². The number of benzene rings is 1. The monoisotopic (exact) mass is 672 g/mol. The number of rotatable bonds is 19. The Morgan fingerprint density at radius 3 is 2.10 bits per heavy atom. The van der Waals surface area contributed by atoms with Gasteiger partial charge in [-0.15, -0.1) is 0 Å². The minimum Gasteiger partial charge on any atom is -0.481 e. The van der Waals surface area contributed by atoms with Gasteiger partial charge in [0, 0.05) is 37.3 Å². The van der Waals surface area contributed by atoms with Crippen molar-refractivity contribution < 1.29 is 48.2 Å². The van der Waals surface area contributed by atoms with Crippen molar-refractivity contribution in [2.24, 2.45) is 11.1 Å². The van der Waals surface area contributed by atoms with Crippen LogP contribution >= 0.6 is 0 Å². The molecule has 0 saturated heterocycles. The summed E-state index contributed by atoms with van der Waals surface area (Å²) in [6.45, 7) is 5.54. The van der Waals surface area contributed by atoms with E-state index in [1.54, 1.807) is 45.0 Å². The molecule has 7 N–H and O–H groups in total. The smallest absolute Gasteiger partial charge is 0.312 e. The number of hydrogen-bond donors (Lipinski definition) is 6. The van der Waals surface area contributed by atoms with Gasteiger partial charge in [0.05, 0.1) is 11.8 Å². The third-order valence-corrected chi connectivity index (χ3v) is 7.02. The van der Waals surface area contributed by atoms with Crippen molar-refractivity contribution in [3.8, 4) is 0 Å². The molecule has 16 nitrogen and oxygen atoms in total. The Morgan fingerprint density at radius 2 is 1.52 bits per heavy atom. The van der Waals surface area contributed by atoms with Crippen LogP contribution in [0.1, 0.15) is 71.3 Å². The Kier molecular flexibility index (Phi) is 15.2. The van der Waals surface area contributed by atoms with Crippen LogP contribution in [0.15, 0.2) is 36.4 Å². The summed E-state index contributed by atoms with van der Waals surface area (Å²) in [4.78, 5) is 97.9. The lowest BCUT2D eigenvalue weighted by Gasteiger charge is -2.23. The van der Waals surface area contributed by atoms with E-state index in [2.05, 4.69) is 21.3 Å². The zero-order valence-corrected chi connectivity index (χ0v) is 27.3. The number of nitrogens with two attached hydrogens (primary N) is 1. The number of nitrogens with one attached hydrogen (secondary N) is 4. The lowest BCUT2D eigenvalue weighted by molar-refractivity contribution is -0.154. The summed E-state index contributed by atoms with van der Waals surface area (Å²) >= 11 is 0. The molecule has 1 aliphatic heterocycles. The van der Waals surface area contributed by atoms with Gasteiger partial charge >= 0.3 is 18.0 Å². The molecule has 0 unspecified atom stereocenters. The van der Waals surface area contributed by atoms with Crippen LogP contribution in [0.5, 0.6) is 0 Å². The van der Waals surface area contributed by atoms with Gasteiger partial charge in [-0.2, -0.15) is 0 Å². The number of anilines is 1. The molecule has 0 aliphatic carbocycles. The fourth-order valence-corrected chi connectivity index (χ4v) is 4.37. The number of esters is 1. The number of primary amides is 1. The lowest BCUT2D eigenvalue weighted by Crippen LogP contribution is -2.53. The maximum absolute atomic E-state index is 13.2. The Hall–Kier alpha value is -5.28. The molecular weight excluding hydrogens is 628 g/mol. The van der Waals surface area contributed by atoms with Gasteiger partial charge in [-0.3, -0.25) is 38.5 Å². The van der Waals surface area contributed by atoms with Crippen molar-refractivity contribution in [2.45, 2.75) is 84.4 Å². The Morgan fingerprint density at radius 1 is 0.875 bits per heavy atom. The lowest BCUT2D eigenvalue weighted by atomic mass is 9.97. The minimum absolute atomic E-state index is 0.0317. The van der Waals surface area contributed by atoms with Crippen LogP contribution in [0, 0.1) is 5.41 Å². The minimum atomic E-state index is -1.49. The molecular formula is C32H44N6O10. The molecule has 2 atom stereocenters. The first-order valence-corrected chi connectivity index (χ1v) is 15.5. The number of carbonyl (C=O) groups is 8. The van der Waals surface area contributed by atoms with Crippen molar-refractivity contribution in [1.82, 2.24) is 20.9 Å². The number of hydrogen-bond acceptors (Lipinski definition) is 9. The summed E-state index contributed by atoms with van der Waals surface area (Å²) in [6.07, 6.45) is 3.13. The zero-order chi connectivity index (χ0) is 35.9. The van der Waals surface area contributed by atoms with E-state index >= 15 is 0 Å². The maximum atomic E-state index is 13.2. The van der Waals surface area contributed by atoms with Crippen molar-refractivity contribution >= 4 is 53.2 Å². The van der Waals surface area contributed by atoms with Gasteiger partial charge in [-0.05, 0) is 64.2 Å². The number of nitrogens with zero attached hydrogens (tertiary/aromatic N) is 1. The topological polar surface area (TPSA) is 243 Å². The molecule has 1 heterocycles. The third-order valence-electron chi connectivity index (χ3n) is 7.02. The number of carbonyl (C=O) groups excluding carboxylic acids is 7. The molecule has 1 aliphatic rings. The van der Waals surface area contributed by atoms with Gasteiger partial charge in [-0.1, -0.05) is 18.6 Å². The van der Waals surface area contributed by atoms with Crippen LogP contribution < -0.4 is 27.0 Å². The second kappa shape index (κ2) is 18.8. The highest BCUT2D eigenvalue weighted by molar-refractivity contribution is 6.12. The average molecular weight is 673 g/mol. The van der Waals surface area contributed by atoms with E-state index in [0.717, 1.165) is 4.90 Å². The molecule has 0 bridgehead atoms. The third kappa shape index (κ3) is 14.0. The fraction of sp³-hybridized carbons (Fsp3) is 0.500. The quantitative estimate of drug-likeness (QED) is 0.0694. The number of urea groups is 1. The standard InChI is InChI=1S/C32H44N6O10/c1-32(2,3)30(46)48-19-20-10-12-21(13-11-20)35-28(44)22(8-7-16-34-31(33)47)37-29(45)23(18-27(42)43)36-24(39)9-5-4-6-17-38-25(40)14-15-26(38)41/h10-15,22-23H,4-9,16-19H2,1-3H3,(H,35,44)(H,36,39)(H,37,45)(H,42,43)(H3,33,34,47)/t22-,23-/m0/s1. The first-order chi connectivity index (χ1) is 22.6. The Labute approximate surface area is 278 Å². The van der Waals surface area contributed by atoms with Gasteiger partial charge in [0.2, 0.25) is 17.7 Å². The maximum Gasteiger partial charge on any atom is 0.312 e.